The van der Waals surface area contributed by atoms with Crippen LogP contribution >= 0.6 is 27.3 Å². The van der Waals surface area contributed by atoms with Crippen molar-refractivity contribution in [1.82, 2.24) is 9.38 Å². The van der Waals surface area contributed by atoms with Gasteiger partial charge in [-0.15, -0.1) is 11.3 Å². The number of carbonyl (C=O) groups is 1. The standard InChI is InChI=1S/C20H13BrFN3O2S/c1-11-2-4-12(5-3-11)17-10-28-20-23-9-14(19(27)25(17)20)18(26)24-16-7-6-13(21)8-15(16)22/h2-10H,1H3,(H,24,26). The smallest absolute Gasteiger partial charge is 0.271 e. The fourth-order valence-electron chi connectivity index (χ4n) is 2.75. The van der Waals surface area contributed by atoms with E-state index < -0.39 is 17.3 Å². The number of carbonyl (C=O) groups excluding carboxylic acids is 1. The second-order valence-electron chi connectivity index (χ2n) is 6.16. The normalized spacial score (nSPS) is 11.0. The Morgan fingerprint density at radius 3 is 2.68 bits per heavy atom. The number of amides is 1. The molecule has 0 aliphatic carbocycles. The van der Waals surface area contributed by atoms with Crippen LogP contribution in [0.4, 0.5) is 10.1 Å². The zero-order valence-electron chi connectivity index (χ0n) is 14.6. The van der Waals surface area contributed by atoms with Gasteiger partial charge in [0.05, 0.1) is 11.4 Å². The summed E-state index contributed by atoms with van der Waals surface area (Å²) in [4.78, 5) is 30.3. The van der Waals surface area contributed by atoms with Gasteiger partial charge in [0.1, 0.15) is 11.4 Å². The van der Waals surface area contributed by atoms with E-state index in [1.165, 1.54) is 34.1 Å². The van der Waals surface area contributed by atoms with E-state index in [4.69, 9.17) is 0 Å². The average Bonchev–Trinajstić information content (AvgIpc) is 3.10. The summed E-state index contributed by atoms with van der Waals surface area (Å²) < 4.78 is 16.0. The van der Waals surface area contributed by atoms with Crippen molar-refractivity contribution >= 4 is 43.8 Å². The van der Waals surface area contributed by atoms with Gasteiger partial charge in [-0.05, 0) is 30.7 Å². The largest absolute Gasteiger partial charge is 0.319 e. The molecule has 0 bridgehead atoms. The third-order valence-electron chi connectivity index (χ3n) is 4.22. The zero-order valence-corrected chi connectivity index (χ0v) is 17.0. The summed E-state index contributed by atoms with van der Waals surface area (Å²) in [6.07, 6.45) is 1.22. The first-order chi connectivity index (χ1) is 13.4. The number of aryl methyl sites for hydroxylation is 1. The minimum Gasteiger partial charge on any atom is -0.319 e. The van der Waals surface area contributed by atoms with Gasteiger partial charge < -0.3 is 5.32 Å². The highest BCUT2D eigenvalue weighted by atomic mass is 79.9. The highest BCUT2D eigenvalue weighted by Crippen LogP contribution is 2.24. The van der Waals surface area contributed by atoms with E-state index in [0.29, 0.717) is 15.1 Å². The minimum atomic E-state index is -0.714. The molecule has 0 fully saturated rings. The summed E-state index contributed by atoms with van der Waals surface area (Å²) >= 11 is 4.47. The van der Waals surface area contributed by atoms with Crippen molar-refractivity contribution in [1.29, 1.82) is 0 Å². The molecule has 4 rings (SSSR count). The lowest BCUT2D eigenvalue weighted by molar-refractivity contribution is 0.102. The highest BCUT2D eigenvalue weighted by Gasteiger charge is 2.18. The summed E-state index contributed by atoms with van der Waals surface area (Å²) in [5, 5.41) is 4.26. The maximum Gasteiger partial charge on any atom is 0.271 e. The molecule has 8 heteroatoms. The van der Waals surface area contributed by atoms with E-state index in [9.17, 15) is 14.0 Å². The molecule has 5 nitrogen and oxygen atoms in total. The average molecular weight is 458 g/mol. The third-order valence-corrected chi connectivity index (χ3v) is 5.55. The summed E-state index contributed by atoms with van der Waals surface area (Å²) in [6.45, 7) is 1.98. The molecule has 1 N–H and O–H groups in total. The van der Waals surface area contributed by atoms with Gasteiger partial charge in [-0.25, -0.2) is 9.37 Å². The van der Waals surface area contributed by atoms with Gasteiger partial charge in [0.25, 0.3) is 11.5 Å². The monoisotopic (exact) mass is 457 g/mol. The topological polar surface area (TPSA) is 63.5 Å². The third kappa shape index (κ3) is 3.36. The first kappa shape index (κ1) is 18.5. The molecule has 2 heterocycles. The molecule has 2 aromatic carbocycles. The van der Waals surface area contributed by atoms with E-state index in [0.717, 1.165) is 11.1 Å². The second kappa shape index (κ2) is 7.29. The summed E-state index contributed by atoms with van der Waals surface area (Å²) in [6, 6.07) is 12.0. The summed E-state index contributed by atoms with van der Waals surface area (Å²) in [5.41, 5.74) is 1.93. The molecule has 1 amide bonds. The van der Waals surface area contributed by atoms with Crippen LogP contribution in [-0.2, 0) is 0 Å². The Hall–Kier alpha value is -2.84. The Morgan fingerprint density at radius 2 is 1.96 bits per heavy atom. The maximum atomic E-state index is 14.0. The molecular formula is C20H13BrFN3O2S. The predicted octanol–water partition coefficient (Wildman–Crippen LogP) is 4.89. The number of nitrogens with zero attached hydrogens (tertiary/aromatic N) is 2. The van der Waals surface area contributed by atoms with Gasteiger partial charge in [-0.2, -0.15) is 0 Å². The quantitative estimate of drug-likeness (QED) is 0.476. The van der Waals surface area contributed by atoms with Crippen molar-refractivity contribution < 1.29 is 9.18 Å². The lowest BCUT2D eigenvalue weighted by Crippen LogP contribution is -2.26. The number of nitrogens with one attached hydrogen (secondary N) is 1. The Labute approximate surface area is 171 Å². The molecule has 0 unspecified atom stereocenters. The number of thiazole rings is 1. The van der Waals surface area contributed by atoms with E-state index in [1.54, 1.807) is 6.07 Å². The number of rotatable bonds is 3. The number of aromatic nitrogens is 2. The van der Waals surface area contributed by atoms with Gasteiger partial charge in [0, 0.05) is 16.0 Å². The summed E-state index contributed by atoms with van der Waals surface area (Å²) in [5.74, 6) is -1.32. The molecule has 4 aromatic rings. The summed E-state index contributed by atoms with van der Waals surface area (Å²) in [7, 11) is 0. The van der Waals surface area contributed by atoms with Crippen LogP contribution in [0.25, 0.3) is 16.2 Å². The number of anilines is 1. The minimum absolute atomic E-state index is 0.0122. The van der Waals surface area contributed by atoms with Crippen molar-refractivity contribution in [3.8, 4) is 11.3 Å². The Balaban J connectivity index is 1.77. The van der Waals surface area contributed by atoms with Crippen LogP contribution in [0.5, 0.6) is 0 Å². The number of hydrogen-bond donors (Lipinski definition) is 1. The van der Waals surface area contributed by atoms with Crippen LogP contribution in [0.15, 0.2) is 63.3 Å². The van der Waals surface area contributed by atoms with Gasteiger partial charge in [0.15, 0.2) is 4.96 Å². The molecule has 0 saturated heterocycles. The molecule has 2 aromatic heterocycles. The van der Waals surface area contributed by atoms with Crippen LogP contribution in [0.2, 0.25) is 0 Å². The molecular weight excluding hydrogens is 445 g/mol. The van der Waals surface area contributed by atoms with Crippen molar-refractivity contribution in [3.63, 3.8) is 0 Å². The van der Waals surface area contributed by atoms with E-state index >= 15 is 0 Å². The zero-order chi connectivity index (χ0) is 19.8. The Kier molecular flexibility index (Phi) is 4.82. The number of hydrogen-bond acceptors (Lipinski definition) is 4. The predicted molar refractivity (Wildman–Crippen MR) is 112 cm³/mol. The van der Waals surface area contributed by atoms with Crippen LogP contribution in [0.3, 0.4) is 0 Å². The van der Waals surface area contributed by atoms with Crippen LogP contribution < -0.4 is 10.9 Å². The molecule has 0 atom stereocenters. The second-order valence-corrected chi connectivity index (χ2v) is 7.91. The molecule has 0 aliphatic heterocycles. The van der Waals surface area contributed by atoms with Crippen LogP contribution in [0, 0.1) is 12.7 Å². The molecule has 0 radical (unpaired) electrons. The number of benzene rings is 2. The molecule has 0 saturated carbocycles. The molecule has 140 valence electrons. The first-order valence-electron chi connectivity index (χ1n) is 8.27. The fourth-order valence-corrected chi connectivity index (χ4v) is 3.95. The van der Waals surface area contributed by atoms with E-state index in [1.807, 2.05) is 36.6 Å². The van der Waals surface area contributed by atoms with Crippen molar-refractivity contribution in [2.24, 2.45) is 0 Å². The lowest BCUT2D eigenvalue weighted by Gasteiger charge is -2.07. The maximum absolute atomic E-state index is 14.0. The van der Waals surface area contributed by atoms with Crippen LogP contribution in [0.1, 0.15) is 15.9 Å². The Morgan fingerprint density at radius 1 is 1.21 bits per heavy atom. The SMILES string of the molecule is Cc1ccc(-c2csc3ncc(C(=O)Nc4ccc(Br)cc4F)c(=O)n23)cc1. The van der Waals surface area contributed by atoms with Gasteiger partial charge in [0.2, 0.25) is 0 Å². The van der Waals surface area contributed by atoms with Crippen molar-refractivity contribution in [2.75, 3.05) is 5.32 Å². The number of halogens is 2. The lowest BCUT2D eigenvalue weighted by atomic mass is 10.1. The van der Waals surface area contributed by atoms with Gasteiger partial charge in [-0.1, -0.05) is 45.8 Å². The van der Waals surface area contributed by atoms with Crippen LogP contribution in [-0.4, -0.2) is 15.3 Å². The molecule has 0 aliphatic rings. The first-order valence-corrected chi connectivity index (χ1v) is 9.94. The fraction of sp³-hybridized carbons (Fsp3) is 0.0500. The Bertz CT molecular complexity index is 1260. The number of fused-ring (bicyclic) bond motifs is 1. The van der Waals surface area contributed by atoms with Crippen molar-refractivity contribution in [2.45, 2.75) is 6.92 Å². The van der Waals surface area contributed by atoms with Gasteiger partial charge >= 0.3 is 0 Å². The van der Waals surface area contributed by atoms with Crippen molar-refractivity contribution in [3.05, 3.63) is 85.8 Å². The molecule has 28 heavy (non-hydrogen) atoms. The molecule has 0 spiro atoms. The highest BCUT2D eigenvalue weighted by molar-refractivity contribution is 9.10. The van der Waals surface area contributed by atoms with E-state index in [2.05, 4.69) is 26.2 Å². The van der Waals surface area contributed by atoms with Gasteiger partial charge in [-0.3, -0.25) is 14.0 Å². The van der Waals surface area contributed by atoms with E-state index in [-0.39, 0.29) is 11.3 Å².